The van der Waals surface area contributed by atoms with Crippen molar-refractivity contribution in [3.05, 3.63) is 71.0 Å². The van der Waals surface area contributed by atoms with Gasteiger partial charge in [0.1, 0.15) is 5.82 Å². The van der Waals surface area contributed by atoms with E-state index in [9.17, 15) is 9.59 Å². The molecule has 0 spiro atoms. The molecule has 0 bridgehead atoms. The molecule has 0 saturated heterocycles. The minimum absolute atomic E-state index is 0.0355. The molecule has 35 heavy (non-hydrogen) atoms. The third kappa shape index (κ3) is 6.82. The van der Waals surface area contributed by atoms with Gasteiger partial charge in [0.05, 0.1) is 5.75 Å². The lowest BCUT2D eigenvalue weighted by atomic mass is 9.84. The SMILES string of the molecule is CC(=O)NCCCc1nnc(SCC(=O)c2ccc(C3CCCCC3)cc2)n1-c1cccc(C)c1. The average Bonchev–Trinajstić information content (AvgIpc) is 3.28. The number of thioether (sulfide) groups is 1. The molecule has 3 aromatic rings. The number of hydrogen-bond donors (Lipinski definition) is 1. The van der Waals surface area contributed by atoms with E-state index in [2.05, 4.69) is 46.7 Å². The smallest absolute Gasteiger partial charge is 0.216 e. The molecule has 7 heteroatoms. The van der Waals surface area contributed by atoms with Gasteiger partial charge in [-0.15, -0.1) is 10.2 Å². The molecule has 0 unspecified atom stereocenters. The van der Waals surface area contributed by atoms with Gasteiger partial charge in [-0.3, -0.25) is 14.2 Å². The lowest BCUT2D eigenvalue weighted by Crippen LogP contribution is -2.21. The Morgan fingerprint density at radius 3 is 2.54 bits per heavy atom. The van der Waals surface area contributed by atoms with Gasteiger partial charge in [-0.2, -0.15) is 0 Å². The zero-order valence-corrected chi connectivity index (χ0v) is 21.4. The molecule has 1 fully saturated rings. The second-order valence-corrected chi connectivity index (χ2v) is 10.3. The van der Waals surface area contributed by atoms with Crippen LogP contribution in [0.25, 0.3) is 5.69 Å². The van der Waals surface area contributed by atoms with Crippen molar-refractivity contribution in [3.8, 4) is 5.69 Å². The minimum Gasteiger partial charge on any atom is -0.356 e. The molecule has 2 aromatic carbocycles. The summed E-state index contributed by atoms with van der Waals surface area (Å²) in [5.41, 5.74) is 4.23. The number of benzene rings is 2. The van der Waals surface area contributed by atoms with E-state index >= 15 is 0 Å². The first-order valence-corrected chi connectivity index (χ1v) is 13.5. The first-order chi connectivity index (χ1) is 17.0. The van der Waals surface area contributed by atoms with Crippen LogP contribution in [0.1, 0.15) is 78.7 Å². The number of hydrogen-bond acceptors (Lipinski definition) is 5. The van der Waals surface area contributed by atoms with Gasteiger partial charge in [0.25, 0.3) is 0 Å². The number of carbonyl (C=O) groups excluding carboxylic acids is 2. The fraction of sp³-hybridized carbons (Fsp3) is 0.429. The maximum absolute atomic E-state index is 13.0. The maximum Gasteiger partial charge on any atom is 0.216 e. The Balaban J connectivity index is 1.45. The molecule has 1 aliphatic rings. The quantitative estimate of drug-likeness (QED) is 0.225. The van der Waals surface area contributed by atoms with Gasteiger partial charge in [-0.1, -0.05) is 67.4 Å². The van der Waals surface area contributed by atoms with E-state index < -0.39 is 0 Å². The second-order valence-electron chi connectivity index (χ2n) is 9.33. The van der Waals surface area contributed by atoms with Crippen LogP contribution in [0.5, 0.6) is 0 Å². The lowest BCUT2D eigenvalue weighted by molar-refractivity contribution is -0.118. The van der Waals surface area contributed by atoms with E-state index in [0.29, 0.717) is 29.8 Å². The highest BCUT2D eigenvalue weighted by molar-refractivity contribution is 7.99. The molecule has 1 amide bonds. The molecule has 0 aliphatic heterocycles. The normalized spacial score (nSPS) is 14.1. The Labute approximate surface area is 211 Å². The molecular formula is C28H34N4O2S. The van der Waals surface area contributed by atoms with E-state index in [1.807, 2.05) is 28.8 Å². The van der Waals surface area contributed by atoms with Crippen LogP contribution >= 0.6 is 11.8 Å². The summed E-state index contributed by atoms with van der Waals surface area (Å²) in [6, 6.07) is 16.4. The molecule has 1 aliphatic carbocycles. The number of Topliss-reactive ketones (excluding diaryl/α,β-unsaturated/α-hetero) is 1. The van der Waals surface area contributed by atoms with Gasteiger partial charge in [0.2, 0.25) is 5.91 Å². The number of amides is 1. The topological polar surface area (TPSA) is 76.9 Å². The van der Waals surface area contributed by atoms with Crippen LogP contribution in [-0.4, -0.2) is 38.8 Å². The monoisotopic (exact) mass is 490 g/mol. The fourth-order valence-corrected chi connectivity index (χ4v) is 5.55. The Kier molecular flexibility index (Phi) is 8.74. The molecule has 1 heterocycles. The van der Waals surface area contributed by atoms with Gasteiger partial charge in [-0.25, -0.2) is 0 Å². The first-order valence-electron chi connectivity index (χ1n) is 12.5. The van der Waals surface area contributed by atoms with E-state index in [1.165, 1.54) is 56.4 Å². The zero-order chi connectivity index (χ0) is 24.6. The maximum atomic E-state index is 13.0. The molecular weight excluding hydrogens is 456 g/mol. The summed E-state index contributed by atoms with van der Waals surface area (Å²) >= 11 is 1.42. The Morgan fingerprint density at radius 1 is 1.06 bits per heavy atom. The summed E-state index contributed by atoms with van der Waals surface area (Å²) in [6.45, 7) is 4.16. The number of aromatic nitrogens is 3. The van der Waals surface area contributed by atoms with Crippen LogP contribution in [0.3, 0.4) is 0 Å². The van der Waals surface area contributed by atoms with E-state index in [4.69, 9.17) is 0 Å². The van der Waals surface area contributed by atoms with Crippen LogP contribution in [0.15, 0.2) is 53.7 Å². The van der Waals surface area contributed by atoms with Crippen LogP contribution in [0, 0.1) is 6.92 Å². The number of nitrogens with one attached hydrogen (secondary N) is 1. The molecule has 6 nitrogen and oxygen atoms in total. The number of aryl methyl sites for hydroxylation is 2. The third-order valence-corrected chi connectivity index (χ3v) is 7.48. The Bertz CT molecular complexity index is 1150. The highest BCUT2D eigenvalue weighted by atomic mass is 32.2. The van der Waals surface area contributed by atoms with Crippen molar-refractivity contribution in [1.29, 1.82) is 0 Å². The van der Waals surface area contributed by atoms with Crippen molar-refractivity contribution < 1.29 is 9.59 Å². The van der Waals surface area contributed by atoms with Crippen LogP contribution in [-0.2, 0) is 11.2 Å². The summed E-state index contributed by atoms with van der Waals surface area (Å²) in [7, 11) is 0. The van der Waals surface area contributed by atoms with Crippen molar-refractivity contribution >= 4 is 23.5 Å². The number of ketones is 1. The lowest BCUT2D eigenvalue weighted by Gasteiger charge is -2.22. The van der Waals surface area contributed by atoms with E-state index in [1.54, 1.807) is 0 Å². The highest BCUT2D eigenvalue weighted by Gasteiger charge is 2.18. The molecule has 4 rings (SSSR count). The first kappa shape index (κ1) is 25.2. The summed E-state index contributed by atoms with van der Waals surface area (Å²) in [5.74, 6) is 1.83. The summed E-state index contributed by atoms with van der Waals surface area (Å²) < 4.78 is 2.03. The molecule has 1 N–H and O–H groups in total. The number of carbonyl (C=O) groups is 2. The summed E-state index contributed by atoms with van der Waals surface area (Å²) in [4.78, 5) is 24.1. The molecule has 1 aromatic heterocycles. The minimum atomic E-state index is -0.0355. The largest absolute Gasteiger partial charge is 0.356 e. The third-order valence-electron chi connectivity index (χ3n) is 6.55. The molecule has 0 radical (unpaired) electrons. The highest BCUT2D eigenvalue weighted by Crippen LogP contribution is 2.32. The number of rotatable bonds is 10. The second kappa shape index (κ2) is 12.2. The zero-order valence-electron chi connectivity index (χ0n) is 20.6. The average molecular weight is 491 g/mol. The number of nitrogens with zero attached hydrogens (tertiary/aromatic N) is 3. The van der Waals surface area contributed by atoms with Crippen molar-refractivity contribution in [2.24, 2.45) is 0 Å². The van der Waals surface area contributed by atoms with Gasteiger partial charge < -0.3 is 5.32 Å². The van der Waals surface area contributed by atoms with Gasteiger partial charge in [0, 0.05) is 31.1 Å². The van der Waals surface area contributed by atoms with Crippen molar-refractivity contribution in [3.63, 3.8) is 0 Å². The fourth-order valence-electron chi connectivity index (χ4n) is 4.68. The molecule has 0 atom stereocenters. The van der Waals surface area contributed by atoms with Crippen molar-refractivity contribution in [2.75, 3.05) is 12.3 Å². The van der Waals surface area contributed by atoms with Crippen LogP contribution in [0.2, 0.25) is 0 Å². The van der Waals surface area contributed by atoms with Gasteiger partial charge >= 0.3 is 0 Å². The van der Waals surface area contributed by atoms with Crippen molar-refractivity contribution in [2.45, 2.75) is 69.9 Å². The van der Waals surface area contributed by atoms with E-state index in [0.717, 1.165) is 29.1 Å². The predicted molar refractivity (Wildman–Crippen MR) is 140 cm³/mol. The summed E-state index contributed by atoms with van der Waals surface area (Å²) in [6.07, 6.45) is 7.90. The van der Waals surface area contributed by atoms with E-state index in [-0.39, 0.29) is 11.7 Å². The van der Waals surface area contributed by atoms with Crippen molar-refractivity contribution in [1.82, 2.24) is 20.1 Å². The standard InChI is InChI=1S/C28H34N4O2S/c1-20-8-6-11-25(18-20)32-27(12-7-17-29-21(2)33)30-31-28(32)35-19-26(34)24-15-13-23(14-16-24)22-9-4-3-5-10-22/h6,8,11,13-16,18,22H,3-5,7,9-10,12,17,19H2,1-2H3,(H,29,33). The van der Waals surface area contributed by atoms with Crippen LogP contribution in [0.4, 0.5) is 0 Å². The molecule has 1 saturated carbocycles. The van der Waals surface area contributed by atoms with Gasteiger partial charge in [0.15, 0.2) is 10.9 Å². The Hall–Kier alpha value is -2.93. The summed E-state index contributed by atoms with van der Waals surface area (Å²) in [5, 5.41) is 12.4. The molecule has 184 valence electrons. The van der Waals surface area contributed by atoms with Gasteiger partial charge in [-0.05, 0) is 55.4 Å². The van der Waals surface area contributed by atoms with Crippen LogP contribution < -0.4 is 5.32 Å². The Morgan fingerprint density at radius 2 is 1.83 bits per heavy atom. The predicted octanol–water partition coefficient (Wildman–Crippen LogP) is 5.67.